The number of fused-ring (bicyclic) bond motifs is 12. The van der Waals surface area contributed by atoms with Crippen LogP contribution in [0.15, 0.2) is 420 Å². The average molecular weight is 2390 g/mol. The zero-order valence-corrected chi connectivity index (χ0v) is 84.2. The van der Waals surface area contributed by atoms with Gasteiger partial charge in [-0.15, -0.1) is 149 Å². The Morgan fingerprint density at radius 2 is 0.514 bits per heavy atom. The van der Waals surface area contributed by atoms with E-state index in [9.17, 15) is 0 Å². The monoisotopic (exact) mass is 2390 g/mol. The van der Waals surface area contributed by atoms with Crippen molar-refractivity contribution in [1.82, 2.24) is 87.2 Å². The molecule has 0 bridgehead atoms. The Hall–Kier alpha value is -17.1. The number of aromatic nitrogens is 18. The van der Waals surface area contributed by atoms with Gasteiger partial charge in [-0.05, 0) is 200 Å². The minimum Gasteiger partial charge on any atom is -0.367 e. The van der Waals surface area contributed by atoms with Crippen LogP contribution < -0.4 is 0 Å². The van der Waals surface area contributed by atoms with Crippen molar-refractivity contribution in [3.63, 3.8) is 0 Å². The van der Waals surface area contributed by atoms with E-state index >= 15 is 0 Å². The molecule has 0 amide bonds. The fourth-order valence-corrected chi connectivity index (χ4v) is 19.2. The topological polar surface area (TPSA) is 184 Å². The van der Waals surface area contributed by atoms with Crippen molar-refractivity contribution in [2.24, 2.45) is 21.1 Å². The Bertz CT molecular complexity index is 9450. The predicted molar refractivity (Wildman–Crippen MR) is 564 cm³/mol. The molecule has 0 N–H and O–H groups in total. The van der Waals surface area contributed by atoms with Crippen LogP contribution >= 0.6 is 0 Å². The number of hydrogen-bond donors (Lipinski definition) is 0. The van der Waals surface area contributed by atoms with Crippen LogP contribution in [0, 0.1) is 36.4 Å². The summed E-state index contributed by atoms with van der Waals surface area (Å²) in [5.41, 5.74) is 34.0. The molecule has 27 aromatic rings. The molecule has 0 atom stereocenters. The van der Waals surface area contributed by atoms with Crippen LogP contribution in [0.25, 0.3) is 251 Å². The van der Waals surface area contributed by atoms with Crippen molar-refractivity contribution in [2.75, 3.05) is 0 Å². The summed E-state index contributed by atoms with van der Waals surface area (Å²) in [6.07, 6.45) is 16.5. The normalized spacial score (nSPS) is 11.3. The second kappa shape index (κ2) is 39.5. The van der Waals surface area contributed by atoms with Gasteiger partial charge in [-0.3, -0.25) is 44.9 Å². The van der Waals surface area contributed by atoms with E-state index in [1.165, 1.54) is 0 Å². The smallest absolute Gasteiger partial charge is 0.367 e. The van der Waals surface area contributed by atoms with Gasteiger partial charge in [0, 0.05) is 127 Å². The molecule has 15 aromatic heterocycles. The van der Waals surface area contributed by atoms with Gasteiger partial charge in [0.1, 0.15) is 0 Å². The Labute approximate surface area is 871 Å². The van der Waals surface area contributed by atoms with Crippen molar-refractivity contribution in [3.8, 4) is 153 Å². The van der Waals surface area contributed by atoms with Crippen LogP contribution in [0.4, 0.5) is 0 Å². The van der Waals surface area contributed by atoms with E-state index in [2.05, 4.69) is 274 Å². The molecule has 21 heteroatoms. The molecule has 144 heavy (non-hydrogen) atoms. The standard InChI is InChI=1S/3C41H26N6.3Pt/c1-46-38-15-5-3-13-36(38)45-41(46)28-17-19-31-30-10-2-4-14-37(30)47(39(31)25-28)40-24-27(16-20-32(40)35-12-7-9-23-43-35)34-21-18-29(26-44-34)33-11-6-8-22-42-33;1-46-38-14-3-2-13-36(38)45-41(46)29-16-18-30-32-24-27(33-10-4-7-21-42-33)17-20-37(32)47(39(30)26-29)40-25-28(34-11-5-8-22-43-34)15-19-31(40)35-12-6-9-23-44-35;1-46-39-14-3-2-13-37(39)45-41(46)29-15-18-32-33-24-28(34-11-4-6-21-42-34)17-20-38(33)47(40(32)25-29)31-10-8-9-27(23-31)36-19-16-30(26-44-36)35-12-5-7-22-43-35;;;/h2-23,26H,1H3;2-24H,1H3;2-22,24,26H,1H3;;;/q3*-2;3*+2. The number of nitrogens with zero attached hydrogens (tertiary/aromatic N) is 18. The molecule has 12 aromatic carbocycles. The Morgan fingerprint density at radius 3 is 0.896 bits per heavy atom. The summed E-state index contributed by atoms with van der Waals surface area (Å²) < 4.78 is 13.2. The van der Waals surface area contributed by atoms with E-state index in [0.717, 1.165) is 251 Å². The second-order valence-electron chi connectivity index (χ2n) is 34.4. The Balaban J connectivity index is 0.000000122. The number of pyridine rings is 9. The largest absolute Gasteiger partial charge is 2.00 e. The molecule has 0 aliphatic carbocycles. The van der Waals surface area contributed by atoms with Gasteiger partial charge in [0.15, 0.2) is 0 Å². The maximum atomic E-state index is 5.01. The number of benzene rings is 12. The molecule has 27 rings (SSSR count). The summed E-state index contributed by atoms with van der Waals surface area (Å²) in [5, 5.41) is 6.62. The van der Waals surface area contributed by atoms with Gasteiger partial charge in [0.2, 0.25) is 0 Å². The first-order valence-electron chi connectivity index (χ1n) is 46.4. The van der Waals surface area contributed by atoms with Crippen LogP contribution in [0.1, 0.15) is 0 Å². The maximum absolute atomic E-state index is 5.01. The Morgan fingerprint density at radius 1 is 0.201 bits per heavy atom. The minimum absolute atomic E-state index is 0. The molecule has 0 unspecified atom stereocenters. The van der Waals surface area contributed by atoms with E-state index in [1.54, 1.807) is 12.4 Å². The second-order valence-corrected chi connectivity index (χ2v) is 34.4. The van der Waals surface area contributed by atoms with Gasteiger partial charge in [0.25, 0.3) is 0 Å². The molecule has 0 fully saturated rings. The number of aryl methyl sites for hydroxylation is 3. The van der Waals surface area contributed by atoms with Crippen molar-refractivity contribution in [2.45, 2.75) is 0 Å². The van der Waals surface area contributed by atoms with E-state index < -0.39 is 0 Å². The van der Waals surface area contributed by atoms with Gasteiger partial charge in [0.05, 0.1) is 73.3 Å². The van der Waals surface area contributed by atoms with Crippen LogP contribution in [0.3, 0.4) is 0 Å². The third-order valence-electron chi connectivity index (χ3n) is 26.1. The predicted octanol–water partition coefficient (Wildman–Crippen LogP) is 27.4. The molecular weight excluding hydrogens is 2310 g/mol. The van der Waals surface area contributed by atoms with Crippen molar-refractivity contribution >= 4 is 98.5 Å². The fraction of sp³-hybridized carbons (Fsp3) is 0.0244. The van der Waals surface area contributed by atoms with Crippen molar-refractivity contribution in [1.29, 1.82) is 0 Å². The van der Waals surface area contributed by atoms with E-state index in [-0.39, 0.29) is 63.2 Å². The molecule has 0 saturated heterocycles. The SMILES string of the molecule is Cn1c(-c2[c-]c3c(cc2)c2cc(-c4ccccn4)ccc2n3-c2[c-]c(-c3ccc(-c4ccccn4)cn3)ccc2)nc2ccccc21.Cn1c(-c2[c-]c3c(cc2)c2cc(-c4ccccn4)ccc2n3-c2[c-]c(-c3ccccn3)ccc2-c2ccccn2)nc2ccccc21.Cn1c(-c2[c-]c3c(cc2)c2ccccc2n3-c2[c-]c(-c3ccc(-c4ccccn4)cn3)ccc2-c2ccccn2)nc2ccccc21.[Pt+2].[Pt+2].[Pt+2]. The first-order valence-corrected chi connectivity index (χ1v) is 46.4. The first-order chi connectivity index (χ1) is 69.7. The summed E-state index contributed by atoms with van der Waals surface area (Å²) in [5.74, 6) is 2.59. The van der Waals surface area contributed by atoms with E-state index in [0.29, 0.717) is 0 Å². The van der Waals surface area contributed by atoms with Gasteiger partial charge in [-0.25, -0.2) is 0 Å². The van der Waals surface area contributed by atoms with Gasteiger partial charge in [-0.2, -0.15) is 0 Å². The maximum Gasteiger partial charge on any atom is 2.00 e. The van der Waals surface area contributed by atoms with Crippen LogP contribution in [0.2, 0.25) is 0 Å². The molecule has 0 aliphatic heterocycles. The third-order valence-corrected chi connectivity index (χ3v) is 26.1. The van der Waals surface area contributed by atoms with Gasteiger partial charge >= 0.3 is 63.2 Å². The summed E-state index contributed by atoms with van der Waals surface area (Å²) in [4.78, 5) is 57.0. The van der Waals surface area contributed by atoms with Crippen LogP contribution in [-0.4, -0.2) is 87.2 Å². The zero-order chi connectivity index (χ0) is 94.0. The van der Waals surface area contributed by atoms with E-state index in [1.807, 2.05) is 244 Å². The van der Waals surface area contributed by atoms with E-state index in [4.69, 9.17) is 34.9 Å². The van der Waals surface area contributed by atoms with Crippen LogP contribution in [-0.2, 0) is 84.3 Å². The fourth-order valence-electron chi connectivity index (χ4n) is 19.2. The first kappa shape index (κ1) is 91.9. The molecule has 0 aliphatic rings. The molecule has 0 radical (unpaired) electrons. The molecule has 0 spiro atoms. The number of hydrogen-bond acceptors (Lipinski definition) is 12. The molecule has 690 valence electrons. The molecule has 0 saturated carbocycles. The minimum atomic E-state index is 0. The van der Waals surface area contributed by atoms with Gasteiger partial charge < -0.3 is 42.4 Å². The summed E-state index contributed by atoms with van der Waals surface area (Å²) >= 11 is 0. The summed E-state index contributed by atoms with van der Waals surface area (Å²) in [6, 6.07) is 146. The quantitative estimate of drug-likeness (QED) is 0.0886. The Kier molecular flexibility index (Phi) is 25.2. The van der Waals surface area contributed by atoms with Crippen molar-refractivity contribution in [3.05, 3.63) is 456 Å². The number of imidazole rings is 3. The molecular formula is C123H78N18Pt3. The number of rotatable bonds is 15. The third kappa shape index (κ3) is 17.0. The van der Waals surface area contributed by atoms with Crippen LogP contribution in [0.5, 0.6) is 0 Å². The summed E-state index contributed by atoms with van der Waals surface area (Å²) in [7, 11) is 6.17. The van der Waals surface area contributed by atoms with Gasteiger partial charge in [-0.1, -0.05) is 179 Å². The zero-order valence-electron chi connectivity index (χ0n) is 77.3. The number of para-hydroxylation sites is 7. The molecule has 18 nitrogen and oxygen atoms in total. The molecule has 15 heterocycles. The summed E-state index contributed by atoms with van der Waals surface area (Å²) in [6.45, 7) is 0. The van der Waals surface area contributed by atoms with Crippen molar-refractivity contribution < 1.29 is 63.2 Å². The average Bonchev–Trinajstić information content (AvgIpc) is 1.58.